The Morgan fingerprint density at radius 2 is 0.654 bits per heavy atom. The maximum absolute atomic E-state index is 6.16. The lowest BCUT2D eigenvalue weighted by atomic mass is 10.1. The van der Waals surface area contributed by atoms with Crippen LogP contribution in [0.4, 0.5) is 0 Å². The fourth-order valence-electron chi connectivity index (χ4n) is 17.2. The predicted molar refractivity (Wildman–Crippen MR) is 422 cm³/mol. The molecule has 107 heavy (non-hydrogen) atoms. The number of fused-ring (bicyclic) bond motifs is 28. The molecule has 16 heteroatoms. The largest absolute Gasteiger partial charge is 0.400 e. The lowest BCUT2D eigenvalue weighted by Crippen LogP contribution is -2.33. The average molecular weight is 1400 g/mol. The van der Waals surface area contributed by atoms with Crippen molar-refractivity contribution in [2.45, 2.75) is 26.2 Å². The molecule has 12 aromatic heterocycles. The summed E-state index contributed by atoms with van der Waals surface area (Å²) in [6.45, 7) is 3.49. The minimum absolute atomic E-state index is 0.684. The Balaban J connectivity index is 0.0000000891. The van der Waals surface area contributed by atoms with Crippen LogP contribution in [0.2, 0.25) is 0 Å². The van der Waals surface area contributed by atoms with E-state index in [1.54, 1.807) is 17.5 Å². The van der Waals surface area contributed by atoms with Gasteiger partial charge in [0.1, 0.15) is 46.4 Å². The van der Waals surface area contributed by atoms with Crippen LogP contribution in [0.15, 0.2) is 326 Å². The lowest BCUT2D eigenvalue weighted by molar-refractivity contribution is -0.652. The van der Waals surface area contributed by atoms with Crippen LogP contribution in [0.1, 0.15) is 22.3 Å². The number of hydrogen-bond acceptors (Lipinski definition) is 6. The molecule has 15 nitrogen and oxygen atoms in total. The van der Waals surface area contributed by atoms with Gasteiger partial charge in [-0.2, -0.15) is 13.7 Å². The fraction of sp³-hybridized carbons (Fsp3) is 0.0549. The van der Waals surface area contributed by atoms with Gasteiger partial charge in [0, 0.05) is 47.0 Å². The maximum atomic E-state index is 6.16. The summed E-state index contributed by atoms with van der Waals surface area (Å²) in [7, 11) is 2.11. The van der Waals surface area contributed by atoms with E-state index in [-0.39, 0.29) is 0 Å². The molecule has 0 spiro atoms. The molecule has 4 aliphatic rings. The first-order valence-electron chi connectivity index (χ1n) is 36.1. The Hall–Kier alpha value is -14.0. The van der Waals surface area contributed by atoms with Crippen molar-refractivity contribution in [3.8, 4) is 74.0 Å². The summed E-state index contributed by atoms with van der Waals surface area (Å²) in [6, 6.07) is 104. The Morgan fingerprint density at radius 3 is 1.17 bits per heavy atom. The van der Waals surface area contributed by atoms with Gasteiger partial charge in [-0.3, -0.25) is 0 Å². The molecule has 0 N–H and O–H groups in total. The number of aromatic nitrogens is 14. The number of pyridine rings is 4. The van der Waals surface area contributed by atoms with E-state index in [4.69, 9.17) is 9.40 Å². The molecule has 0 unspecified atom stereocenters. The topological polar surface area (TPSA) is 110 Å². The normalized spacial score (nSPS) is 12.6. The molecule has 0 bridgehead atoms. The second-order valence-electron chi connectivity index (χ2n) is 27.5. The Labute approximate surface area is 616 Å². The zero-order chi connectivity index (χ0) is 70.4. The lowest BCUT2D eigenvalue weighted by Gasteiger charge is -2.04. The third-order valence-electron chi connectivity index (χ3n) is 21.6. The van der Waals surface area contributed by atoms with Crippen molar-refractivity contribution in [1.29, 1.82) is 0 Å². The Kier molecular flexibility index (Phi) is 13.6. The van der Waals surface area contributed by atoms with Crippen LogP contribution in [-0.2, 0) is 33.2 Å². The third kappa shape index (κ3) is 9.12. The molecule has 506 valence electrons. The highest BCUT2D eigenvalue weighted by molar-refractivity contribution is 7.24. The first-order chi connectivity index (χ1) is 53.1. The van der Waals surface area contributed by atoms with Gasteiger partial charge in [0.15, 0.2) is 11.0 Å². The molecule has 25 rings (SSSR count). The molecule has 0 fully saturated rings. The number of nitrogens with zero attached hydrogens (tertiary/aromatic N) is 14. The van der Waals surface area contributed by atoms with Gasteiger partial charge in [0.25, 0.3) is 22.9 Å². The summed E-state index contributed by atoms with van der Waals surface area (Å²) >= 11 is 1.78. The number of hydrogen-bond donors (Lipinski definition) is 0. The summed E-state index contributed by atoms with van der Waals surface area (Å²) in [6.07, 6.45) is 7.41. The summed E-state index contributed by atoms with van der Waals surface area (Å²) in [4.78, 5) is 20.8. The predicted octanol–water partition coefficient (Wildman–Crippen LogP) is 17.8. The number of rotatable bonds is 5. The summed E-state index contributed by atoms with van der Waals surface area (Å²) in [5.41, 5.74) is 27.1. The smallest absolute Gasteiger partial charge is 0.341 e. The van der Waals surface area contributed by atoms with Crippen molar-refractivity contribution in [3.05, 3.63) is 344 Å². The quantitative estimate of drug-likeness (QED) is 0.159. The van der Waals surface area contributed by atoms with E-state index in [2.05, 4.69) is 335 Å². The van der Waals surface area contributed by atoms with Crippen LogP contribution in [0.25, 0.3) is 161 Å². The number of benzene rings is 9. The molecule has 0 radical (unpaired) electrons. The highest BCUT2D eigenvalue weighted by Gasteiger charge is 2.42. The van der Waals surface area contributed by atoms with Crippen LogP contribution in [0.3, 0.4) is 0 Å². The van der Waals surface area contributed by atoms with Gasteiger partial charge in [-0.15, -0.1) is 0 Å². The highest BCUT2D eigenvalue weighted by Crippen LogP contribution is 2.44. The Morgan fingerprint density at radius 1 is 0.299 bits per heavy atom. The summed E-state index contributed by atoms with van der Waals surface area (Å²) in [5.74, 6) is 4.91. The van der Waals surface area contributed by atoms with Crippen molar-refractivity contribution in [1.82, 2.24) is 47.3 Å². The van der Waals surface area contributed by atoms with Gasteiger partial charge in [0.05, 0.1) is 63.9 Å². The van der Waals surface area contributed by atoms with Crippen LogP contribution >= 0.6 is 11.3 Å². The molecule has 0 saturated carbocycles. The first-order valence-corrected chi connectivity index (χ1v) is 37.0. The van der Waals surface area contributed by atoms with E-state index in [9.17, 15) is 0 Å². The van der Waals surface area contributed by atoms with E-state index in [1.807, 2.05) is 48.9 Å². The van der Waals surface area contributed by atoms with E-state index in [1.165, 1.54) is 123 Å². The van der Waals surface area contributed by atoms with Crippen molar-refractivity contribution >= 4 is 98.6 Å². The molecule has 0 aliphatic carbocycles. The minimum Gasteiger partial charge on any atom is -0.400 e. The number of imidazole rings is 4. The second-order valence-corrected chi connectivity index (χ2v) is 28.5. The standard InChI is InChI=1S/C27H19N4.C22H17N4.C21H14N3O.C21H14N3S/c1-3-11-20(12-4-1)30-24-23-16-9-17-28-25(23)31(21-13-5-2-6-14-21)27(24)29-18-19-10-7-8-15-22(19)26(29)30;1-24-20-18(12-7-13-23-20)19-22(24)25-14-15-8-5-6-11-17(15)21(25)26(19)16-9-3-2-4-10-16;2*1-2-8-15(9-3-1)24-18-17-11-6-12-22-19(17)25-21(18)23-13-14-7-4-5-10-16(14)20(23)24/h1-17H,18H2;2-13H,14H2,1H3;2*1-12H,13H2/q4*+1. The zero-order valence-electron chi connectivity index (χ0n) is 58.0. The van der Waals surface area contributed by atoms with E-state index in [0.717, 1.165) is 81.4 Å². The fourth-order valence-corrected chi connectivity index (χ4v) is 18.3. The summed E-state index contributed by atoms with van der Waals surface area (Å²) < 4.78 is 29.8. The van der Waals surface area contributed by atoms with Crippen molar-refractivity contribution < 1.29 is 22.7 Å². The van der Waals surface area contributed by atoms with Gasteiger partial charge < -0.3 is 4.42 Å². The SMILES string of the molecule is Cn1c2ncccc2c2c1[n+]1c(n2-c2ccccc2)-c2ccccc2C1.c1ccc(-n2c3[n+](c4c2c2cccnc2n4-c2ccccc2)Cc2ccccc2-3)cc1.c1ccc(-n2c3[n+](c4oc5ncccc5c42)Cc2ccccc2-3)cc1.c1ccc(-n2c3[n+](c4sc5ncccc5c42)Cc2ccccc2-3)cc1. The molecular formula is C91H64N14OS+4. The molecule has 0 atom stereocenters. The van der Waals surface area contributed by atoms with Gasteiger partial charge in [-0.05, 0) is 133 Å². The molecule has 0 amide bonds. The Bertz CT molecular complexity index is 6940. The minimum atomic E-state index is 0.684. The zero-order valence-corrected chi connectivity index (χ0v) is 58.8. The van der Waals surface area contributed by atoms with Crippen molar-refractivity contribution in [2.75, 3.05) is 0 Å². The van der Waals surface area contributed by atoms with Gasteiger partial charge in [0.2, 0.25) is 44.5 Å². The number of thiophene rings is 1. The van der Waals surface area contributed by atoms with E-state index < -0.39 is 0 Å². The maximum Gasteiger partial charge on any atom is 0.341 e. The van der Waals surface area contributed by atoms with Crippen molar-refractivity contribution in [2.24, 2.45) is 7.05 Å². The second kappa shape index (κ2) is 24.1. The summed E-state index contributed by atoms with van der Waals surface area (Å²) in [5, 5.41) is 4.62. The van der Waals surface area contributed by atoms with Crippen LogP contribution in [0, 0.1) is 0 Å². The monoisotopic (exact) mass is 1400 g/mol. The molecule has 21 aromatic rings. The van der Waals surface area contributed by atoms with Gasteiger partial charge in [-0.25, -0.2) is 51.9 Å². The van der Waals surface area contributed by atoms with E-state index >= 15 is 0 Å². The number of aryl methyl sites for hydroxylation is 1. The number of furan rings is 1. The first kappa shape index (κ1) is 60.6. The van der Waals surface area contributed by atoms with Crippen LogP contribution in [0.5, 0.6) is 0 Å². The average Bonchev–Trinajstić information content (AvgIpc) is 1.56. The van der Waals surface area contributed by atoms with Crippen LogP contribution < -0.4 is 18.3 Å². The van der Waals surface area contributed by atoms with E-state index in [0.29, 0.717) is 5.71 Å². The number of para-hydroxylation sites is 5. The van der Waals surface area contributed by atoms with Gasteiger partial charge in [-0.1, -0.05) is 175 Å². The molecule has 0 saturated heterocycles. The highest BCUT2D eigenvalue weighted by atomic mass is 32.1. The molecule has 16 heterocycles. The van der Waals surface area contributed by atoms with Gasteiger partial charge >= 0.3 is 5.71 Å². The molecule has 4 aliphatic heterocycles. The third-order valence-corrected chi connectivity index (χ3v) is 22.7. The van der Waals surface area contributed by atoms with Crippen LogP contribution in [-0.4, -0.2) is 47.3 Å². The van der Waals surface area contributed by atoms with Crippen molar-refractivity contribution in [3.63, 3.8) is 0 Å². The molecule has 9 aromatic carbocycles. The molecular weight excluding hydrogens is 1340 g/mol.